The molecule has 0 bridgehead atoms. The molecule has 0 spiro atoms. The lowest BCUT2D eigenvalue weighted by atomic mass is 10.0. The van der Waals surface area contributed by atoms with Gasteiger partial charge >= 0.3 is 0 Å². The van der Waals surface area contributed by atoms with Gasteiger partial charge in [-0.15, -0.1) is 0 Å². The highest BCUT2D eigenvalue weighted by Gasteiger charge is 2.38. The Balaban J connectivity index is 1.41. The molecule has 1 amide bonds. The van der Waals surface area contributed by atoms with Gasteiger partial charge in [-0.25, -0.2) is 0 Å². The van der Waals surface area contributed by atoms with Crippen molar-refractivity contribution in [3.63, 3.8) is 0 Å². The minimum atomic E-state index is 0.121. The van der Waals surface area contributed by atoms with Crippen LogP contribution in [0.5, 0.6) is 5.75 Å². The van der Waals surface area contributed by atoms with Crippen molar-refractivity contribution in [1.82, 2.24) is 10.2 Å². The van der Waals surface area contributed by atoms with E-state index in [9.17, 15) is 4.79 Å². The zero-order chi connectivity index (χ0) is 17.2. The van der Waals surface area contributed by atoms with Crippen molar-refractivity contribution in [3.8, 4) is 5.75 Å². The Labute approximate surface area is 148 Å². The summed E-state index contributed by atoms with van der Waals surface area (Å²) in [6.07, 6.45) is 0. The molecule has 4 nitrogen and oxygen atoms in total. The molecule has 2 aromatic rings. The molecular weight excluding hydrogens is 312 g/mol. The van der Waals surface area contributed by atoms with Gasteiger partial charge in [0.15, 0.2) is 0 Å². The van der Waals surface area contributed by atoms with Crippen LogP contribution in [0, 0.1) is 18.8 Å². The fourth-order valence-corrected chi connectivity index (χ4v) is 3.89. The lowest BCUT2D eigenvalue weighted by Gasteiger charge is -2.18. The standard InChI is InChI=1S/C21H24N2O2/c1-15-4-2-5-16(8-15)14-25-20-7-3-6-17(9-20)21(24)23-12-18-10-22-11-19(18)13-23/h2-9,18-19,22H,10-14H2,1H3/t18-,19+. The highest BCUT2D eigenvalue weighted by Crippen LogP contribution is 2.28. The number of ether oxygens (including phenoxy) is 1. The van der Waals surface area contributed by atoms with E-state index >= 15 is 0 Å². The highest BCUT2D eigenvalue weighted by atomic mass is 16.5. The van der Waals surface area contributed by atoms with E-state index in [2.05, 4.69) is 30.4 Å². The number of nitrogens with zero attached hydrogens (tertiary/aromatic N) is 1. The van der Waals surface area contributed by atoms with Crippen LogP contribution < -0.4 is 10.1 Å². The number of amides is 1. The van der Waals surface area contributed by atoms with E-state index in [1.54, 1.807) is 0 Å². The normalized spacial score (nSPS) is 22.0. The average Bonchev–Trinajstić information content (AvgIpc) is 3.21. The Bertz CT molecular complexity index is 762. The van der Waals surface area contributed by atoms with E-state index in [0.717, 1.165) is 43.1 Å². The van der Waals surface area contributed by atoms with Gasteiger partial charge < -0.3 is 15.0 Å². The van der Waals surface area contributed by atoms with Crippen molar-refractivity contribution < 1.29 is 9.53 Å². The van der Waals surface area contributed by atoms with Crippen molar-refractivity contribution in [2.75, 3.05) is 26.2 Å². The van der Waals surface area contributed by atoms with Crippen LogP contribution in [0.15, 0.2) is 48.5 Å². The summed E-state index contributed by atoms with van der Waals surface area (Å²) >= 11 is 0. The van der Waals surface area contributed by atoms with E-state index in [4.69, 9.17) is 4.74 Å². The van der Waals surface area contributed by atoms with E-state index in [0.29, 0.717) is 18.4 Å². The number of hydrogen-bond donors (Lipinski definition) is 1. The van der Waals surface area contributed by atoms with Crippen molar-refractivity contribution >= 4 is 5.91 Å². The van der Waals surface area contributed by atoms with Crippen LogP contribution in [0.3, 0.4) is 0 Å². The largest absolute Gasteiger partial charge is 0.489 e. The zero-order valence-electron chi connectivity index (χ0n) is 14.6. The van der Waals surface area contributed by atoms with Gasteiger partial charge in [0.25, 0.3) is 5.91 Å². The van der Waals surface area contributed by atoms with Gasteiger partial charge in [-0.3, -0.25) is 4.79 Å². The fraction of sp³-hybridized carbons (Fsp3) is 0.381. The fourth-order valence-electron chi connectivity index (χ4n) is 3.89. The van der Waals surface area contributed by atoms with Crippen molar-refractivity contribution in [1.29, 1.82) is 0 Å². The molecule has 0 saturated carbocycles. The molecule has 130 valence electrons. The number of rotatable bonds is 4. The third kappa shape index (κ3) is 3.54. The molecule has 4 heteroatoms. The number of carbonyl (C=O) groups excluding carboxylic acids is 1. The van der Waals surface area contributed by atoms with Gasteiger partial charge in [0.2, 0.25) is 0 Å². The van der Waals surface area contributed by atoms with Crippen LogP contribution >= 0.6 is 0 Å². The minimum absolute atomic E-state index is 0.121. The van der Waals surface area contributed by atoms with Crippen LogP contribution in [-0.4, -0.2) is 37.0 Å². The second kappa shape index (κ2) is 6.89. The predicted molar refractivity (Wildman–Crippen MR) is 97.7 cm³/mol. The molecule has 2 atom stereocenters. The second-order valence-corrected chi connectivity index (χ2v) is 7.19. The van der Waals surface area contributed by atoms with Crippen LogP contribution in [-0.2, 0) is 6.61 Å². The molecular formula is C21H24N2O2. The third-order valence-electron chi connectivity index (χ3n) is 5.25. The van der Waals surface area contributed by atoms with E-state index in [-0.39, 0.29) is 5.91 Å². The summed E-state index contributed by atoms with van der Waals surface area (Å²) in [4.78, 5) is 14.8. The predicted octanol–water partition coefficient (Wildman–Crippen LogP) is 2.87. The summed E-state index contributed by atoms with van der Waals surface area (Å²) in [6, 6.07) is 15.8. The van der Waals surface area contributed by atoms with Crippen molar-refractivity contribution in [2.45, 2.75) is 13.5 Å². The molecule has 0 aromatic heterocycles. The van der Waals surface area contributed by atoms with Crippen LogP contribution in [0.2, 0.25) is 0 Å². The maximum Gasteiger partial charge on any atom is 0.254 e. The Morgan fingerprint density at radius 2 is 1.88 bits per heavy atom. The number of fused-ring (bicyclic) bond motifs is 1. The molecule has 2 saturated heterocycles. The van der Waals surface area contributed by atoms with Gasteiger partial charge in [-0.1, -0.05) is 35.9 Å². The summed E-state index contributed by atoms with van der Waals surface area (Å²) in [7, 11) is 0. The van der Waals surface area contributed by atoms with E-state index in [1.807, 2.05) is 35.2 Å². The van der Waals surface area contributed by atoms with E-state index in [1.165, 1.54) is 5.56 Å². The molecule has 2 aliphatic heterocycles. The number of hydrogen-bond acceptors (Lipinski definition) is 3. The first-order chi connectivity index (χ1) is 12.2. The van der Waals surface area contributed by atoms with Gasteiger partial charge in [0.1, 0.15) is 12.4 Å². The third-order valence-corrected chi connectivity index (χ3v) is 5.25. The summed E-state index contributed by atoms with van der Waals surface area (Å²) in [5.41, 5.74) is 3.07. The van der Waals surface area contributed by atoms with Crippen LogP contribution in [0.25, 0.3) is 0 Å². The maximum absolute atomic E-state index is 12.8. The molecule has 2 heterocycles. The number of nitrogens with one attached hydrogen (secondary N) is 1. The van der Waals surface area contributed by atoms with Gasteiger partial charge in [-0.05, 0) is 42.5 Å². The molecule has 0 aliphatic carbocycles. The molecule has 0 radical (unpaired) electrons. The SMILES string of the molecule is Cc1cccc(COc2cccc(C(=O)N3C[C@H]4CNC[C@H]4C3)c2)c1. The summed E-state index contributed by atoms with van der Waals surface area (Å²) in [6.45, 7) is 6.39. The number of carbonyl (C=O) groups is 1. The topological polar surface area (TPSA) is 41.6 Å². The first-order valence-corrected chi connectivity index (χ1v) is 8.97. The number of likely N-dealkylation sites (tertiary alicyclic amines) is 1. The molecule has 2 fully saturated rings. The van der Waals surface area contributed by atoms with Crippen LogP contribution in [0.1, 0.15) is 21.5 Å². The molecule has 4 rings (SSSR count). The number of aryl methyl sites for hydroxylation is 1. The molecule has 2 aliphatic rings. The van der Waals surface area contributed by atoms with Crippen molar-refractivity contribution in [2.24, 2.45) is 11.8 Å². The Hall–Kier alpha value is -2.33. The highest BCUT2D eigenvalue weighted by molar-refractivity contribution is 5.94. The summed E-state index contributed by atoms with van der Waals surface area (Å²) in [5.74, 6) is 2.10. The Kier molecular flexibility index (Phi) is 4.45. The maximum atomic E-state index is 12.8. The second-order valence-electron chi connectivity index (χ2n) is 7.19. The Morgan fingerprint density at radius 1 is 1.12 bits per heavy atom. The van der Waals surface area contributed by atoms with Gasteiger partial charge in [-0.2, -0.15) is 0 Å². The molecule has 1 N–H and O–H groups in total. The summed E-state index contributed by atoms with van der Waals surface area (Å²) in [5, 5.41) is 3.41. The molecule has 25 heavy (non-hydrogen) atoms. The van der Waals surface area contributed by atoms with Crippen LogP contribution in [0.4, 0.5) is 0 Å². The van der Waals surface area contributed by atoms with Gasteiger partial charge in [0.05, 0.1) is 0 Å². The lowest BCUT2D eigenvalue weighted by molar-refractivity contribution is 0.0781. The number of benzene rings is 2. The average molecular weight is 336 g/mol. The van der Waals surface area contributed by atoms with Gasteiger partial charge in [0, 0.05) is 31.7 Å². The van der Waals surface area contributed by atoms with Crippen molar-refractivity contribution in [3.05, 3.63) is 65.2 Å². The molecule has 0 unspecified atom stereocenters. The quantitative estimate of drug-likeness (QED) is 0.933. The Morgan fingerprint density at radius 3 is 2.64 bits per heavy atom. The summed E-state index contributed by atoms with van der Waals surface area (Å²) < 4.78 is 5.89. The first kappa shape index (κ1) is 16.2. The minimum Gasteiger partial charge on any atom is -0.489 e. The smallest absolute Gasteiger partial charge is 0.254 e. The zero-order valence-corrected chi connectivity index (χ0v) is 14.6. The first-order valence-electron chi connectivity index (χ1n) is 8.97. The lowest BCUT2D eigenvalue weighted by Crippen LogP contribution is -2.31. The van der Waals surface area contributed by atoms with E-state index < -0.39 is 0 Å². The monoisotopic (exact) mass is 336 g/mol. The molecule has 2 aromatic carbocycles.